The van der Waals surface area contributed by atoms with Gasteiger partial charge in [0.15, 0.2) is 17.6 Å². The Hall–Kier alpha value is -2.89. The number of nitrogens with one attached hydrogen (secondary N) is 1. The zero-order valence-corrected chi connectivity index (χ0v) is 21.6. The Morgan fingerprint density at radius 3 is 2.59 bits per heavy atom. The summed E-state index contributed by atoms with van der Waals surface area (Å²) in [6.45, 7) is 1.56. The smallest absolute Gasteiger partial charge is 0.446 e. The minimum Gasteiger partial charge on any atom is -0.508 e. The van der Waals surface area contributed by atoms with Gasteiger partial charge < -0.3 is 25.4 Å². The second-order valence-corrected chi connectivity index (χ2v) is 12.5. The van der Waals surface area contributed by atoms with E-state index in [1.54, 1.807) is 6.07 Å². The number of alkyl halides is 3. The highest BCUT2D eigenvalue weighted by Gasteiger charge is 2.73. The van der Waals surface area contributed by atoms with E-state index in [0.29, 0.717) is 25.3 Å². The van der Waals surface area contributed by atoms with Crippen molar-refractivity contribution in [1.82, 2.24) is 4.90 Å². The number of hydrogen-bond donors (Lipinski definition) is 4. The van der Waals surface area contributed by atoms with Crippen LogP contribution in [0.3, 0.4) is 0 Å². The van der Waals surface area contributed by atoms with Gasteiger partial charge in [0.05, 0.1) is 16.6 Å². The van der Waals surface area contributed by atoms with Crippen LogP contribution in [-0.2, 0) is 16.6 Å². The van der Waals surface area contributed by atoms with Gasteiger partial charge in [-0.1, -0.05) is 6.07 Å². The first kappa shape index (κ1) is 25.1. The molecule has 2 aromatic rings. The average Bonchev–Trinajstić information content (AvgIpc) is 3.61. The van der Waals surface area contributed by atoms with Crippen LogP contribution in [0.2, 0.25) is 0 Å². The van der Waals surface area contributed by atoms with E-state index in [2.05, 4.69) is 10.2 Å². The largest absolute Gasteiger partial charge is 0.508 e. The molecule has 0 unspecified atom stereocenters. The second kappa shape index (κ2) is 8.31. The molecule has 206 valence electrons. The highest BCUT2D eigenvalue weighted by molar-refractivity contribution is 8.00. The number of nitrogens with zero attached hydrogens (tertiary/aromatic N) is 1. The molecular formula is C28H27F3N2O5S. The lowest BCUT2D eigenvalue weighted by Crippen LogP contribution is -2.75. The summed E-state index contributed by atoms with van der Waals surface area (Å²) in [6.07, 6.45) is 2.17. The number of hydrogen-bond acceptors (Lipinski definition) is 7. The number of likely N-dealkylation sites (tertiary alicyclic amines) is 1. The molecule has 4 atom stereocenters. The maximum Gasteiger partial charge on any atom is 0.446 e. The fraction of sp³-hybridized carbons (Fsp3) is 0.464. The topological polar surface area (TPSA) is 102 Å². The number of thioether (sulfide) groups is 1. The number of aromatic hydroxyl groups is 1. The third-order valence-electron chi connectivity index (χ3n) is 9.14. The van der Waals surface area contributed by atoms with Crippen molar-refractivity contribution < 1.29 is 38.0 Å². The number of rotatable bonds is 5. The third-order valence-corrected chi connectivity index (χ3v) is 9.88. The summed E-state index contributed by atoms with van der Waals surface area (Å²) in [6, 6.07) is 8.36. The van der Waals surface area contributed by atoms with Gasteiger partial charge in [0.25, 0.3) is 5.91 Å². The highest BCUT2D eigenvalue weighted by atomic mass is 32.2. The summed E-state index contributed by atoms with van der Waals surface area (Å²) in [7, 11) is 0. The highest BCUT2D eigenvalue weighted by Crippen LogP contribution is 2.66. The standard InChI is InChI=1S/C28H27F3N2O5S/c29-28(30,31)39-17-6-4-16(5-7-17)32-25(36)18-12-27(37)20-11-15-3-8-19(34)23-21(15)26(27,24(38-23)22(18)35)9-10-33(20)13-14-1-2-14/h3-8,14,20,24,34-35,37H,1-2,9-13H2,(H,32,36)/t20-,24+,26+,27-/m1/s1. The number of carbonyl (C=O) groups is 1. The number of anilines is 1. The molecule has 0 radical (unpaired) electrons. The maximum atomic E-state index is 13.5. The van der Waals surface area contributed by atoms with Crippen LogP contribution in [0.25, 0.3) is 0 Å². The molecule has 2 aliphatic heterocycles. The summed E-state index contributed by atoms with van der Waals surface area (Å²) < 4.78 is 44.2. The van der Waals surface area contributed by atoms with Crippen LogP contribution in [0.15, 0.2) is 52.6 Å². The number of halogens is 3. The molecule has 2 bridgehead atoms. The molecule has 7 rings (SSSR count). The van der Waals surface area contributed by atoms with Crippen molar-refractivity contribution in [3.05, 3.63) is 58.9 Å². The second-order valence-electron chi connectivity index (χ2n) is 11.3. The van der Waals surface area contributed by atoms with E-state index in [0.717, 1.165) is 30.5 Å². The lowest BCUT2D eigenvalue weighted by Gasteiger charge is -2.62. The first-order valence-electron chi connectivity index (χ1n) is 13.1. The van der Waals surface area contributed by atoms with Gasteiger partial charge in [-0.2, -0.15) is 13.2 Å². The van der Waals surface area contributed by atoms with Gasteiger partial charge >= 0.3 is 5.51 Å². The molecule has 1 saturated carbocycles. The predicted molar refractivity (Wildman–Crippen MR) is 137 cm³/mol. The molecular weight excluding hydrogens is 533 g/mol. The van der Waals surface area contributed by atoms with Crippen molar-refractivity contribution >= 4 is 23.4 Å². The Kier molecular flexibility index (Phi) is 5.35. The Bertz CT molecular complexity index is 1410. The van der Waals surface area contributed by atoms with Crippen LogP contribution < -0.4 is 10.1 Å². The van der Waals surface area contributed by atoms with Crippen LogP contribution >= 0.6 is 11.8 Å². The number of aliphatic hydroxyl groups excluding tert-OH is 1. The summed E-state index contributed by atoms with van der Waals surface area (Å²) in [4.78, 5) is 15.8. The molecule has 2 heterocycles. The SMILES string of the molecule is O=C(Nc1ccc(SC(F)(F)F)cc1)C1=C(O)[C@@H]2Oc3c(O)ccc4c3[C@@]23CCN(CC2CC2)[C@H](C4)[C@]3(O)C1. The van der Waals surface area contributed by atoms with E-state index < -0.39 is 28.5 Å². The summed E-state index contributed by atoms with van der Waals surface area (Å²) in [5.74, 6) is -0.193. The maximum absolute atomic E-state index is 13.5. The number of piperidine rings is 1. The van der Waals surface area contributed by atoms with Gasteiger partial charge in [-0.15, -0.1) is 0 Å². The molecule has 2 aromatic carbocycles. The Morgan fingerprint density at radius 2 is 1.90 bits per heavy atom. The normalized spacial score (nSPS) is 31.1. The average molecular weight is 561 g/mol. The Labute approximate surface area is 226 Å². The minimum absolute atomic E-state index is 0.0185. The number of phenols is 1. The van der Waals surface area contributed by atoms with E-state index >= 15 is 0 Å². The minimum atomic E-state index is -4.42. The summed E-state index contributed by atoms with van der Waals surface area (Å²) in [5.41, 5.74) is -4.95. The molecule has 4 N–H and O–H groups in total. The number of carbonyl (C=O) groups excluding carboxylic acids is 1. The first-order valence-corrected chi connectivity index (χ1v) is 13.9. The fourth-order valence-electron chi connectivity index (χ4n) is 7.31. The van der Waals surface area contributed by atoms with Gasteiger partial charge in [0.1, 0.15) is 5.76 Å². The van der Waals surface area contributed by atoms with E-state index in [9.17, 15) is 33.3 Å². The molecule has 11 heteroatoms. The van der Waals surface area contributed by atoms with Gasteiger partial charge in [-0.25, -0.2) is 0 Å². The van der Waals surface area contributed by atoms with Crippen LogP contribution in [-0.4, -0.2) is 62.5 Å². The van der Waals surface area contributed by atoms with Gasteiger partial charge in [-0.05, 0) is 85.8 Å². The zero-order valence-electron chi connectivity index (χ0n) is 20.8. The van der Waals surface area contributed by atoms with E-state index in [1.165, 1.54) is 24.3 Å². The zero-order chi connectivity index (χ0) is 27.3. The molecule has 0 aromatic heterocycles. The van der Waals surface area contributed by atoms with Gasteiger partial charge in [0.2, 0.25) is 0 Å². The molecule has 1 saturated heterocycles. The van der Waals surface area contributed by atoms with Crippen molar-refractivity contribution in [3.8, 4) is 11.5 Å². The summed E-state index contributed by atoms with van der Waals surface area (Å²) in [5, 5.41) is 37.4. The summed E-state index contributed by atoms with van der Waals surface area (Å²) >= 11 is -0.249. The molecule has 39 heavy (non-hydrogen) atoms. The molecule has 1 amide bonds. The Balaban J connectivity index is 1.26. The lowest BCUT2D eigenvalue weighted by atomic mass is 9.49. The monoisotopic (exact) mass is 560 g/mol. The Morgan fingerprint density at radius 1 is 1.15 bits per heavy atom. The molecule has 5 aliphatic rings. The van der Waals surface area contributed by atoms with Crippen molar-refractivity contribution in [2.75, 3.05) is 18.4 Å². The fourth-order valence-corrected chi connectivity index (χ4v) is 7.85. The molecule has 1 spiro atoms. The number of phenolic OH excluding ortho intramolecular Hbond substituents is 1. The van der Waals surface area contributed by atoms with Crippen LogP contribution in [0.5, 0.6) is 11.5 Å². The predicted octanol–water partition coefficient (Wildman–Crippen LogP) is 4.63. The van der Waals surface area contributed by atoms with Crippen LogP contribution in [0.1, 0.15) is 36.8 Å². The van der Waals surface area contributed by atoms with Crippen molar-refractivity contribution in [2.45, 2.75) is 65.7 Å². The number of amides is 1. The lowest BCUT2D eigenvalue weighted by molar-refractivity contribution is -0.172. The number of ether oxygens (including phenoxy) is 1. The van der Waals surface area contributed by atoms with Crippen molar-refractivity contribution in [1.29, 1.82) is 0 Å². The van der Waals surface area contributed by atoms with Crippen molar-refractivity contribution in [2.24, 2.45) is 5.92 Å². The van der Waals surface area contributed by atoms with Gasteiger partial charge in [-0.3, -0.25) is 9.69 Å². The number of aliphatic hydroxyl groups is 2. The van der Waals surface area contributed by atoms with Crippen molar-refractivity contribution in [3.63, 3.8) is 0 Å². The molecule has 3 aliphatic carbocycles. The number of benzene rings is 2. The van der Waals surface area contributed by atoms with Crippen LogP contribution in [0, 0.1) is 5.92 Å². The third kappa shape index (κ3) is 3.69. The van der Waals surface area contributed by atoms with E-state index in [-0.39, 0.29) is 57.6 Å². The molecule has 7 nitrogen and oxygen atoms in total. The molecule has 2 fully saturated rings. The van der Waals surface area contributed by atoms with Gasteiger partial charge in [0, 0.05) is 35.2 Å². The van der Waals surface area contributed by atoms with Crippen LogP contribution in [0.4, 0.5) is 18.9 Å². The van der Waals surface area contributed by atoms with E-state index in [4.69, 9.17) is 4.74 Å². The first-order chi connectivity index (χ1) is 18.5. The quantitative estimate of drug-likeness (QED) is 0.396. The van der Waals surface area contributed by atoms with E-state index in [1.807, 2.05) is 6.07 Å².